The van der Waals surface area contributed by atoms with Gasteiger partial charge in [-0.2, -0.15) is 0 Å². The van der Waals surface area contributed by atoms with Gasteiger partial charge in [0.25, 0.3) is 0 Å². The highest BCUT2D eigenvalue weighted by molar-refractivity contribution is 7.22. The highest BCUT2D eigenvalue weighted by atomic mass is 35.5. The number of carbonyl (C=O) groups excluding carboxylic acids is 1. The summed E-state index contributed by atoms with van der Waals surface area (Å²) in [4.78, 5) is 19.0. The molecule has 1 heterocycles. The van der Waals surface area contributed by atoms with E-state index in [9.17, 15) is 4.79 Å². The molecule has 1 aromatic heterocycles. The number of aryl methyl sites for hydroxylation is 3. The molecule has 0 radical (unpaired) electrons. The Labute approximate surface area is 156 Å². The average molecular weight is 374 g/mol. The quantitative estimate of drug-likeness (QED) is 0.703. The lowest BCUT2D eigenvalue weighted by atomic mass is 10.1. The summed E-state index contributed by atoms with van der Waals surface area (Å²) in [7, 11) is 1.88. The lowest BCUT2D eigenvalue weighted by Gasteiger charge is -2.16. The first-order valence-corrected chi connectivity index (χ1v) is 9.18. The second kappa shape index (κ2) is 7.02. The van der Waals surface area contributed by atoms with Crippen molar-refractivity contribution >= 4 is 49.9 Å². The van der Waals surface area contributed by atoms with E-state index < -0.39 is 0 Å². The van der Waals surface area contributed by atoms with Crippen molar-refractivity contribution in [3.05, 3.63) is 52.0 Å². The van der Waals surface area contributed by atoms with Gasteiger partial charge in [0.15, 0.2) is 5.13 Å². The van der Waals surface area contributed by atoms with Crippen molar-refractivity contribution in [2.45, 2.75) is 20.8 Å². The Balaban J connectivity index is 1.76. The summed E-state index contributed by atoms with van der Waals surface area (Å²) in [6.45, 7) is 6.30. The number of amides is 1. The summed E-state index contributed by atoms with van der Waals surface area (Å²) >= 11 is 7.62. The van der Waals surface area contributed by atoms with E-state index in [1.54, 1.807) is 17.4 Å². The molecule has 0 aliphatic heterocycles. The monoisotopic (exact) mass is 373 g/mol. The SMILES string of the molecule is Cc1ccc(Cl)cc1NC(=O)CN(C)c1nc2c(C)ccc(C)c2s1. The first-order chi connectivity index (χ1) is 11.8. The molecule has 0 saturated carbocycles. The lowest BCUT2D eigenvalue weighted by molar-refractivity contribution is -0.114. The van der Waals surface area contributed by atoms with Crippen molar-refractivity contribution in [1.82, 2.24) is 4.98 Å². The number of hydrogen-bond donors (Lipinski definition) is 1. The van der Waals surface area contributed by atoms with Gasteiger partial charge in [-0.25, -0.2) is 4.98 Å². The third kappa shape index (κ3) is 3.78. The normalized spacial score (nSPS) is 10.9. The van der Waals surface area contributed by atoms with Crippen molar-refractivity contribution in [3.63, 3.8) is 0 Å². The van der Waals surface area contributed by atoms with Gasteiger partial charge in [-0.1, -0.05) is 41.1 Å². The Bertz CT molecular complexity index is 912. The first-order valence-electron chi connectivity index (χ1n) is 7.99. The fraction of sp³-hybridized carbons (Fsp3) is 0.263. The van der Waals surface area contributed by atoms with E-state index in [0.29, 0.717) is 5.02 Å². The number of halogens is 1. The molecule has 0 atom stereocenters. The molecule has 0 aliphatic rings. The Morgan fingerprint density at radius 3 is 2.56 bits per heavy atom. The number of fused-ring (bicyclic) bond motifs is 1. The first kappa shape index (κ1) is 17.7. The van der Waals surface area contributed by atoms with E-state index in [0.717, 1.165) is 27.5 Å². The van der Waals surface area contributed by atoms with E-state index >= 15 is 0 Å². The van der Waals surface area contributed by atoms with Crippen LogP contribution in [0.2, 0.25) is 5.02 Å². The van der Waals surface area contributed by atoms with Crippen LogP contribution in [0.15, 0.2) is 30.3 Å². The zero-order chi connectivity index (χ0) is 18.1. The minimum Gasteiger partial charge on any atom is -0.342 e. The molecule has 4 nitrogen and oxygen atoms in total. The van der Waals surface area contributed by atoms with Crippen LogP contribution in [0.5, 0.6) is 0 Å². The van der Waals surface area contributed by atoms with E-state index in [1.807, 2.05) is 31.0 Å². The number of anilines is 2. The number of thiazole rings is 1. The molecule has 0 fully saturated rings. The van der Waals surface area contributed by atoms with Gasteiger partial charge in [0.1, 0.15) is 0 Å². The van der Waals surface area contributed by atoms with Crippen LogP contribution in [-0.4, -0.2) is 24.5 Å². The van der Waals surface area contributed by atoms with Crippen LogP contribution >= 0.6 is 22.9 Å². The third-order valence-corrected chi connectivity index (χ3v) is 5.65. The van der Waals surface area contributed by atoms with Crippen LogP contribution < -0.4 is 10.2 Å². The van der Waals surface area contributed by atoms with Gasteiger partial charge in [-0.05, 0) is 49.6 Å². The van der Waals surface area contributed by atoms with Crippen molar-refractivity contribution < 1.29 is 4.79 Å². The molecule has 1 N–H and O–H groups in total. The smallest absolute Gasteiger partial charge is 0.243 e. The molecule has 2 aromatic carbocycles. The van der Waals surface area contributed by atoms with Crippen molar-refractivity contribution in [1.29, 1.82) is 0 Å². The van der Waals surface area contributed by atoms with Gasteiger partial charge >= 0.3 is 0 Å². The second-order valence-corrected chi connectivity index (χ2v) is 7.65. The highest BCUT2D eigenvalue weighted by Gasteiger charge is 2.15. The van der Waals surface area contributed by atoms with E-state index in [-0.39, 0.29) is 12.5 Å². The predicted molar refractivity (Wildman–Crippen MR) is 107 cm³/mol. The number of nitrogens with zero attached hydrogens (tertiary/aromatic N) is 2. The van der Waals surface area contributed by atoms with Crippen molar-refractivity contribution in [2.24, 2.45) is 0 Å². The summed E-state index contributed by atoms with van der Waals surface area (Å²) in [5, 5.41) is 4.36. The largest absolute Gasteiger partial charge is 0.342 e. The maximum absolute atomic E-state index is 12.4. The second-order valence-electron chi connectivity index (χ2n) is 6.24. The Hall–Kier alpha value is -2.11. The summed E-state index contributed by atoms with van der Waals surface area (Å²) in [5.41, 5.74) is 5.08. The molecule has 0 aliphatic carbocycles. The van der Waals surface area contributed by atoms with Crippen LogP contribution in [0.1, 0.15) is 16.7 Å². The van der Waals surface area contributed by atoms with Gasteiger partial charge < -0.3 is 10.2 Å². The minimum absolute atomic E-state index is 0.0967. The molecule has 6 heteroatoms. The van der Waals surface area contributed by atoms with Crippen molar-refractivity contribution in [3.8, 4) is 0 Å². The highest BCUT2D eigenvalue weighted by Crippen LogP contribution is 2.32. The molecular weight excluding hydrogens is 354 g/mol. The van der Waals surface area contributed by atoms with Gasteiger partial charge in [0.2, 0.25) is 5.91 Å². The molecule has 25 heavy (non-hydrogen) atoms. The number of aromatic nitrogens is 1. The molecule has 3 aromatic rings. The topological polar surface area (TPSA) is 45.2 Å². The molecule has 1 amide bonds. The van der Waals surface area contributed by atoms with Gasteiger partial charge in [0.05, 0.1) is 16.8 Å². The summed E-state index contributed by atoms with van der Waals surface area (Å²) < 4.78 is 1.17. The zero-order valence-electron chi connectivity index (χ0n) is 14.7. The average Bonchev–Trinajstić information content (AvgIpc) is 3.01. The molecule has 0 spiro atoms. The molecule has 130 valence electrons. The van der Waals surface area contributed by atoms with Crippen LogP contribution in [0, 0.1) is 20.8 Å². The van der Waals surface area contributed by atoms with Crippen LogP contribution in [0.4, 0.5) is 10.8 Å². The maximum atomic E-state index is 12.4. The van der Waals surface area contributed by atoms with E-state index in [1.165, 1.54) is 10.3 Å². The van der Waals surface area contributed by atoms with Gasteiger partial charge in [-0.3, -0.25) is 4.79 Å². The lowest BCUT2D eigenvalue weighted by Crippen LogP contribution is -2.30. The number of carbonyl (C=O) groups is 1. The molecule has 0 unspecified atom stereocenters. The summed E-state index contributed by atoms with van der Waals surface area (Å²) in [6.07, 6.45) is 0. The number of hydrogen-bond acceptors (Lipinski definition) is 4. The number of benzene rings is 2. The summed E-state index contributed by atoms with van der Waals surface area (Å²) in [5.74, 6) is -0.0967. The Morgan fingerprint density at radius 1 is 1.16 bits per heavy atom. The maximum Gasteiger partial charge on any atom is 0.243 e. The van der Waals surface area contributed by atoms with Gasteiger partial charge in [0, 0.05) is 17.8 Å². The predicted octanol–water partition coefficient (Wildman–Crippen LogP) is 4.95. The standard InChI is InChI=1S/C19H20ClN3OS/c1-11-7-8-14(20)9-15(11)21-16(24)10-23(4)19-22-17-12(2)5-6-13(3)18(17)25-19/h5-9H,10H2,1-4H3,(H,21,24). The molecular formula is C19H20ClN3OS. The molecule has 3 rings (SSSR count). The van der Waals surface area contributed by atoms with E-state index in [4.69, 9.17) is 16.6 Å². The zero-order valence-corrected chi connectivity index (χ0v) is 16.3. The Kier molecular flexibility index (Phi) is 4.97. The van der Waals surface area contributed by atoms with Crippen LogP contribution in [0.25, 0.3) is 10.2 Å². The Morgan fingerprint density at radius 2 is 1.84 bits per heavy atom. The van der Waals surface area contributed by atoms with Crippen LogP contribution in [0.3, 0.4) is 0 Å². The third-order valence-electron chi connectivity index (χ3n) is 4.11. The molecule has 0 saturated heterocycles. The number of nitrogens with one attached hydrogen (secondary N) is 1. The fourth-order valence-corrected chi connectivity index (χ4v) is 3.86. The summed E-state index contributed by atoms with van der Waals surface area (Å²) in [6, 6.07) is 9.65. The number of rotatable bonds is 4. The van der Waals surface area contributed by atoms with Gasteiger partial charge in [-0.15, -0.1) is 0 Å². The van der Waals surface area contributed by atoms with Crippen molar-refractivity contribution in [2.75, 3.05) is 23.8 Å². The fourth-order valence-electron chi connectivity index (χ4n) is 2.61. The van der Waals surface area contributed by atoms with Crippen LogP contribution in [-0.2, 0) is 4.79 Å². The minimum atomic E-state index is -0.0967. The number of likely N-dealkylation sites (N-methyl/N-ethyl adjacent to an activating group) is 1. The molecule has 0 bridgehead atoms. The van der Waals surface area contributed by atoms with E-state index in [2.05, 4.69) is 31.3 Å².